The molecular formula is C11H24O2Si. The first-order valence-corrected chi connectivity index (χ1v) is 7.63. The molecule has 0 bridgehead atoms. The van der Waals surface area contributed by atoms with Crippen molar-refractivity contribution in [3.8, 4) is 0 Å². The summed E-state index contributed by atoms with van der Waals surface area (Å²) in [6.45, 7) is 8.10. The van der Waals surface area contributed by atoms with Crippen LogP contribution in [0.3, 0.4) is 0 Å². The molecule has 0 N–H and O–H groups in total. The van der Waals surface area contributed by atoms with Crippen LogP contribution in [0.1, 0.15) is 46.5 Å². The summed E-state index contributed by atoms with van der Waals surface area (Å²) in [7, 11) is -1.38. The Morgan fingerprint density at radius 1 is 1.14 bits per heavy atom. The molecule has 0 saturated heterocycles. The van der Waals surface area contributed by atoms with Crippen LogP contribution in [0.4, 0.5) is 0 Å². The SMILES string of the molecule is CCO[SiH](OCC)C(C)C1CCCC1. The predicted octanol–water partition coefficient (Wildman–Crippen LogP) is 2.86. The maximum absolute atomic E-state index is 5.77. The first kappa shape index (κ1) is 12.2. The van der Waals surface area contributed by atoms with Crippen molar-refractivity contribution in [3.05, 3.63) is 0 Å². The molecule has 1 rings (SSSR count). The average Bonchev–Trinajstić information content (AvgIpc) is 2.69. The van der Waals surface area contributed by atoms with Gasteiger partial charge >= 0.3 is 9.28 Å². The van der Waals surface area contributed by atoms with Crippen LogP contribution in [0.25, 0.3) is 0 Å². The van der Waals surface area contributed by atoms with Gasteiger partial charge in [0.05, 0.1) is 0 Å². The molecule has 0 heterocycles. The highest BCUT2D eigenvalue weighted by Gasteiger charge is 2.31. The van der Waals surface area contributed by atoms with Crippen LogP contribution in [0.15, 0.2) is 0 Å². The summed E-state index contributed by atoms with van der Waals surface area (Å²) in [5.41, 5.74) is 0.692. The van der Waals surface area contributed by atoms with E-state index in [-0.39, 0.29) is 0 Å². The summed E-state index contributed by atoms with van der Waals surface area (Å²) in [4.78, 5) is 0. The smallest absolute Gasteiger partial charge is 0.324 e. The van der Waals surface area contributed by atoms with E-state index in [4.69, 9.17) is 8.85 Å². The lowest BCUT2D eigenvalue weighted by atomic mass is 10.1. The molecule has 2 nitrogen and oxygen atoms in total. The van der Waals surface area contributed by atoms with E-state index in [2.05, 4.69) is 20.8 Å². The van der Waals surface area contributed by atoms with E-state index in [0.29, 0.717) is 5.54 Å². The van der Waals surface area contributed by atoms with Crippen LogP contribution >= 0.6 is 0 Å². The fourth-order valence-corrected chi connectivity index (χ4v) is 4.58. The molecule has 84 valence electrons. The Labute approximate surface area is 89.8 Å². The summed E-state index contributed by atoms with van der Waals surface area (Å²) in [6, 6.07) is 0. The molecule has 0 aromatic carbocycles. The Morgan fingerprint density at radius 3 is 2.07 bits per heavy atom. The largest absolute Gasteiger partial charge is 0.397 e. The second-order valence-corrected chi connectivity index (χ2v) is 6.64. The molecule has 0 radical (unpaired) electrons. The molecule has 0 spiro atoms. The van der Waals surface area contributed by atoms with Gasteiger partial charge in [0.1, 0.15) is 0 Å². The van der Waals surface area contributed by atoms with E-state index < -0.39 is 9.28 Å². The number of rotatable bonds is 6. The second kappa shape index (κ2) is 6.59. The maximum Gasteiger partial charge on any atom is 0.324 e. The normalized spacial score (nSPS) is 20.6. The Morgan fingerprint density at radius 2 is 1.64 bits per heavy atom. The molecule has 1 fully saturated rings. The molecule has 0 amide bonds. The second-order valence-electron chi connectivity index (χ2n) is 4.18. The van der Waals surface area contributed by atoms with Crippen molar-refractivity contribution in [1.82, 2.24) is 0 Å². The minimum atomic E-state index is -1.38. The van der Waals surface area contributed by atoms with E-state index in [9.17, 15) is 0 Å². The summed E-state index contributed by atoms with van der Waals surface area (Å²) < 4.78 is 11.5. The lowest BCUT2D eigenvalue weighted by molar-refractivity contribution is 0.196. The molecule has 1 saturated carbocycles. The van der Waals surface area contributed by atoms with Gasteiger partial charge in [-0.05, 0) is 25.3 Å². The van der Waals surface area contributed by atoms with Gasteiger partial charge in [-0.25, -0.2) is 0 Å². The lowest BCUT2D eigenvalue weighted by Gasteiger charge is -2.26. The number of hydrogen-bond acceptors (Lipinski definition) is 2. The van der Waals surface area contributed by atoms with Crippen molar-refractivity contribution in [2.75, 3.05) is 13.2 Å². The quantitative estimate of drug-likeness (QED) is 0.636. The summed E-state index contributed by atoms with van der Waals surface area (Å²) >= 11 is 0. The molecule has 14 heavy (non-hydrogen) atoms. The lowest BCUT2D eigenvalue weighted by Crippen LogP contribution is -2.31. The number of hydrogen-bond donors (Lipinski definition) is 0. The van der Waals surface area contributed by atoms with E-state index in [0.717, 1.165) is 19.1 Å². The highest BCUT2D eigenvalue weighted by molar-refractivity contribution is 6.46. The summed E-state index contributed by atoms with van der Waals surface area (Å²) in [5, 5.41) is 0. The third-order valence-electron chi connectivity index (χ3n) is 3.23. The topological polar surface area (TPSA) is 18.5 Å². The van der Waals surface area contributed by atoms with Crippen molar-refractivity contribution < 1.29 is 8.85 Å². The van der Waals surface area contributed by atoms with E-state index >= 15 is 0 Å². The minimum Gasteiger partial charge on any atom is -0.397 e. The Bertz CT molecular complexity index is 140. The van der Waals surface area contributed by atoms with Crippen molar-refractivity contribution in [2.24, 2.45) is 5.92 Å². The van der Waals surface area contributed by atoms with Crippen LogP contribution < -0.4 is 0 Å². The molecule has 3 heteroatoms. The van der Waals surface area contributed by atoms with Crippen LogP contribution in [0, 0.1) is 5.92 Å². The van der Waals surface area contributed by atoms with Gasteiger partial charge in [-0.1, -0.05) is 32.6 Å². The monoisotopic (exact) mass is 216 g/mol. The fraction of sp³-hybridized carbons (Fsp3) is 1.00. The highest BCUT2D eigenvalue weighted by atomic mass is 28.3. The van der Waals surface area contributed by atoms with Gasteiger partial charge in [0.15, 0.2) is 0 Å². The van der Waals surface area contributed by atoms with Crippen LogP contribution in [-0.2, 0) is 8.85 Å². The third kappa shape index (κ3) is 3.37. The van der Waals surface area contributed by atoms with E-state index in [1.165, 1.54) is 25.7 Å². The van der Waals surface area contributed by atoms with Gasteiger partial charge in [-0.3, -0.25) is 0 Å². The van der Waals surface area contributed by atoms with Gasteiger partial charge in [0.25, 0.3) is 0 Å². The highest BCUT2D eigenvalue weighted by Crippen LogP contribution is 2.36. The van der Waals surface area contributed by atoms with Crippen LogP contribution in [-0.4, -0.2) is 22.5 Å². The van der Waals surface area contributed by atoms with Crippen molar-refractivity contribution in [2.45, 2.75) is 52.0 Å². The van der Waals surface area contributed by atoms with Gasteiger partial charge in [0.2, 0.25) is 0 Å². The van der Waals surface area contributed by atoms with Crippen molar-refractivity contribution in [1.29, 1.82) is 0 Å². The van der Waals surface area contributed by atoms with Gasteiger partial charge < -0.3 is 8.85 Å². The van der Waals surface area contributed by atoms with E-state index in [1.54, 1.807) is 0 Å². The maximum atomic E-state index is 5.77. The average molecular weight is 216 g/mol. The summed E-state index contributed by atoms with van der Waals surface area (Å²) in [6.07, 6.45) is 5.61. The molecule has 0 aromatic heterocycles. The molecule has 1 aliphatic carbocycles. The molecular weight excluding hydrogens is 192 g/mol. The van der Waals surface area contributed by atoms with Gasteiger partial charge in [0, 0.05) is 13.2 Å². The Balaban J connectivity index is 2.39. The van der Waals surface area contributed by atoms with Gasteiger partial charge in [-0.15, -0.1) is 0 Å². The third-order valence-corrected chi connectivity index (χ3v) is 5.96. The zero-order chi connectivity index (χ0) is 10.4. The van der Waals surface area contributed by atoms with E-state index in [1.807, 2.05) is 0 Å². The molecule has 1 atom stereocenters. The van der Waals surface area contributed by atoms with Crippen LogP contribution in [0.2, 0.25) is 5.54 Å². The zero-order valence-corrected chi connectivity index (χ0v) is 10.9. The fourth-order valence-electron chi connectivity index (χ4n) is 2.39. The standard InChI is InChI=1S/C11H24O2Si/c1-4-12-14(13-5-2)10(3)11-8-6-7-9-11/h10-11,14H,4-9H2,1-3H3. The predicted molar refractivity (Wildman–Crippen MR) is 61.8 cm³/mol. The first-order valence-electron chi connectivity index (χ1n) is 6.02. The minimum absolute atomic E-state index is 0.692. The first-order chi connectivity index (χ1) is 6.79. The summed E-state index contributed by atoms with van der Waals surface area (Å²) in [5.74, 6) is 0.879. The molecule has 0 aliphatic heterocycles. The Hall–Kier alpha value is 0.137. The molecule has 0 aromatic rings. The van der Waals surface area contributed by atoms with Crippen molar-refractivity contribution >= 4 is 9.28 Å². The van der Waals surface area contributed by atoms with Crippen molar-refractivity contribution in [3.63, 3.8) is 0 Å². The van der Waals surface area contributed by atoms with Crippen LogP contribution in [0.5, 0.6) is 0 Å². The van der Waals surface area contributed by atoms with Gasteiger partial charge in [-0.2, -0.15) is 0 Å². The molecule has 1 aliphatic rings. The Kier molecular flexibility index (Phi) is 5.75. The molecule has 1 unspecified atom stereocenters. The zero-order valence-electron chi connectivity index (χ0n) is 9.79.